The Kier molecular flexibility index (Phi) is 11.4. The molecule has 0 heterocycles. The Labute approximate surface area is 484 Å². The molecule has 2 heteroatoms. The SMILES string of the molecule is CC1CC2CCCC(C1)C2c1ccc(N(c2ccccc2)c2cc3c(cc2-c2ccccc2)-c2ccccc2C32c3ccc(-c4ccccc4)cc3-c3ccc(N(c4ccccc4)c4ccc5c(c4)-c4ccccc4C5(C)C)cc32)cc1. The molecule has 3 unspecified atom stereocenters. The van der Waals surface area contributed by atoms with Crippen molar-refractivity contribution in [2.24, 2.45) is 17.8 Å². The van der Waals surface area contributed by atoms with Gasteiger partial charge in [-0.15, -0.1) is 0 Å². The van der Waals surface area contributed by atoms with E-state index in [9.17, 15) is 0 Å². The molecule has 396 valence electrons. The highest BCUT2D eigenvalue weighted by Crippen LogP contribution is 2.66. The molecule has 2 bridgehead atoms. The standard InChI is InChI=1S/C80H66N2/c1-52-45-57-25-20-26-58(46-52)78(57)55-35-38-61(39-36-55)82(60-29-14-7-15-30-60)77-51-76-70(50-67(77)54-23-10-5-11-24-54)65-32-17-19-34-73(65)80(76)74-43-37-56(53-21-8-4-9-22-53)47-68(74)66-42-40-63(49-75(66)80)81(59-27-12-6-13-28-59)62-41-44-72-69(48-62)64-31-16-18-33-71(64)79(72,2)3/h4-19,21-24,27-44,47-52,57-58,78H,20,25-26,45-46H2,1-3H3. The van der Waals surface area contributed by atoms with Crippen LogP contribution in [0.5, 0.6) is 0 Å². The smallest absolute Gasteiger partial charge is 0.0727 e. The van der Waals surface area contributed by atoms with E-state index in [0.717, 1.165) is 40.5 Å². The summed E-state index contributed by atoms with van der Waals surface area (Å²) in [6, 6.07) is 99.4. The van der Waals surface area contributed by atoms with Crippen molar-refractivity contribution < 1.29 is 0 Å². The maximum Gasteiger partial charge on any atom is 0.0727 e. The molecule has 2 saturated carbocycles. The summed E-state index contributed by atoms with van der Waals surface area (Å²) in [6.07, 6.45) is 6.80. The first-order valence-corrected chi connectivity index (χ1v) is 30.1. The van der Waals surface area contributed by atoms with E-state index in [-0.39, 0.29) is 5.41 Å². The molecule has 5 aliphatic carbocycles. The molecular weight excluding hydrogens is 989 g/mol. The fraction of sp³-hybridized carbons (Fsp3) is 0.175. The van der Waals surface area contributed by atoms with E-state index in [2.05, 4.69) is 291 Å². The Hall–Kier alpha value is -8.98. The quantitative estimate of drug-likeness (QED) is 0.142. The van der Waals surface area contributed by atoms with Gasteiger partial charge in [-0.3, -0.25) is 0 Å². The Bertz CT molecular complexity index is 4240. The summed E-state index contributed by atoms with van der Waals surface area (Å²) in [4.78, 5) is 5.05. The van der Waals surface area contributed by atoms with Crippen molar-refractivity contribution in [2.75, 3.05) is 9.80 Å². The molecule has 2 fully saturated rings. The van der Waals surface area contributed by atoms with Gasteiger partial charge in [-0.25, -0.2) is 0 Å². The molecule has 0 radical (unpaired) electrons. The van der Waals surface area contributed by atoms with Crippen LogP contribution in [0.15, 0.2) is 261 Å². The monoisotopic (exact) mass is 1050 g/mol. The minimum atomic E-state index is -0.669. The maximum absolute atomic E-state index is 2.61. The fourth-order valence-corrected chi connectivity index (χ4v) is 16.5. The lowest BCUT2D eigenvalue weighted by atomic mass is 9.60. The Morgan fingerprint density at radius 3 is 1.50 bits per heavy atom. The highest BCUT2D eigenvalue weighted by atomic mass is 15.1. The maximum atomic E-state index is 2.61. The minimum absolute atomic E-state index is 0.0958. The molecule has 16 rings (SSSR count). The first-order chi connectivity index (χ1) is 40.3. The molecule has 0 saturated heterocycles. The predicted octanol–water partition coefficient (Wildman–Crippen LogP) is 21.5. The zero-order valence-corrected chi connectivity index (χ0v) is 47.1. The van der Waals surface area contributed by atoms with Gasteiger partial charge in [0.1, 0.15) is 0 Å². The van der Waals surface area contributed by atoms with Crippen LogP contribution in [-0.2, 0) is 10.8 Å². The van der Waals surface area contributed by atoms with E-state index in [1.165, 1.54) is 138 Å². The average molecular weight is 1060 g/mol. The predicted molar refractivity (Wildman–Crippen MR) is 343 cm³/mol. The lowest BCUT2D eigenvalue weighted by molar-refractivity contribution is 0.111. The molecule has 11 aromatic carbocycles. The number of benzene rings is 11. The van der Waals surface area contributed by atoms with Gasteiger partial charge in [-0.2, -0.15) is 0 Å². The number of nitrogens with zero attached hydrogens (tertiary/aromatic N) is 2. The van der Waals surface area contributed by atoms with Crippen LogP contribution >= 0.6 is 0 Å². The minimum Gasteiger partial charge on any atom is -0.310 e. The van der Waals surface area contributed by atoms with Crippen LogP contribution in [0.1, 0.15) is 97.7 Å². The van der Waals surface area contributed by atoms with Crippen molar-refractivity contribution in [3.8, 4) is 55.6 Å². The van der Waals surface area contributed by atoms with Gasteiger partial charge in [0.2, 0.25) is 0 Å². The van der Waals surface area contributed by atoms with E-state index >= 15 is 0 Å². The summed E-state index contributed by atoms with van der Waals surface area (Å²) in [5.74, 6) is 3.01. The molecule has 3 atom stereocenters. The average Bonchev–Trinajstić information content (AvgIpc) is 1.83. The van der Waals surface area contributed by atoms with Gasteiger partial charge in [0.15, 0.2) is 0 Å². The second kappa shape index (κ2) is 19.1. The van der Waals surface area contributed by atoms with Crippen molar-refractivity contribution >= 4 is 34.1 Å². The Morgan fingerprint density at radius 1 is 0.329 bits per heavy atom. The van der Waals surface area contributed by atoms with Crippen LogP contribution in [0.2, 0.25) is 0 Å². The molecule has 11 aromatic rings. The van der Waals surface area contributed by atoms with Gasteiger partial charge in [0.25, 0.3) is 0 Å². The number of hydrogen-bond acceptors (Lipinski definition) is 2. The molecule has 0 aliphatic heterocycles. The van der Waals surface area contributed by atoms with Crippen molar-refractivity contribution in [3.63, 3.8) is 0 Å². The number of fused-ring (bicyclic) bond motifs is 15. The summed E-state index contributed by atoms with van der Waals surface area (Å²) >= 11 is 0. The molecule has 0 amide bonds. The lowest BCUT2D eigenvalue weighted by Crippen LogP contribution is -2.33. The molecule has 0 aromatic heterocycles. The second-order valence-corrected chi connectivity index (χ2v) is 24.8. The van der Waals surface area contributed by atoms with Crippen LogP contribution < -0.4 is 9.80 Å². The third kappa shape index (κ3) is 7.46. The fourth-order valence-electron chi connectivity index (χ4n) is 16.5. The molecule has 2 nitrogen and oxygen atoms in total. The lowest BCUT2D eigenvalue weighted by Gasteiger charge is -2.45. The van der Waals surface area contributed by atoms with Crippen molar-refractivity contribution in [1.29, 1.82) is 0 Å². The highest BCUT2D eigenvalue weighted by molar-refractivity contribution is 6.01. The normalized spacial score (nSPS) is 20.0. The topological polar surface area (TPSA) is 6.48 Å². The third-order valence-corrected chi connectivity index (χ3v) is 19.9. The van der Waals surface area contributed by atoms with Crippen LogP contribution in [0.4, 0.5) is 34.1 Å². The highest BCUT2D eigenvalue weighted by Gasteiger charge is 2.53. The summed E-state index contributed by atoms with van der Waals surface area (Å²) in [5, 5.41) is 0. The van der Waals surface area contributed by atoms with Crippen LogP contribution in [-0.4, -0.2) is 0 Å². The summed E-state index contributed by atoms with van der Waals surface area (Å²) in [7, 11) is 0. The van der Waals surface area contributed by atoms with Gasteiger partial charge in [-0.1, -0.05) is 209 Å². The zero-order chi connectivity index (χ0) is 54.7. The van der Waals surface area contributed by atoms with E-state index in [0.29, 0.717) is 5.92 Å². The van der Waals surface area contributed by atoms with E-state index < -0.39 is 5.41 Å². The first-order valence-electron chi connectivity index (χ1n) is 30.1. The van der Waals surface area contributed by atoms with Gasteiger partial charge >= 0.3 is 0 Å². The van der Waals surface area contributed by atoms with Gasteiger partial charge in [-0.05, 0) is 217 Å². The van der Waals surface area contributed by atoms with Crippen LogP contribution in [0.25, 0.3) is 55.6 Å². The van der Waals surface area contributed by atoms with Gasteiger partial charge in [0.05, 0.1) is 11.1 Å². The molecular formula is C80H66N2. The van der Waals surface area contributed by atoms with Crippen molar-refractivity contribution in [1.82, 2.24) is 0 Å². The first kappa shape index (κ1) is 48.9. The van der Waals surface area contributed by atoms with E-state index in [1.807, 2.05) is 0 Å². The van der Waals surface area contributed by atoms with Gasteiger partial charge in [0, 0.05) is 39.4 Å². The number of hydrogen-bond donors (Lipinski definition) is 0. The van der Waals surface area contributed by atoms with Crippen molar-refractivity contribution in [2.45, 2.75) is 69.6 Å². The molecule has 5 aliphatic rings. The van der Waals surface area contributed by atoms with E-state index in [4.69, 9.17) is 0 Å². The number of anilines is 6. The van der Waals surface area contributed by atoms with Crippen LogP contribution in [0, 0.1) is 17.8 Å². The summed E-state index contributed by atoms with van der Waals surface area (Å²) in [5.41, 5.74) is 28.2. The Morgan fingerprint density at radius 2 is 0.805 bits per heavy atom. The van der Waals surface area contributed by atoms with Crippen LogP contribution in [0.3, 0.4) is 0 Å². The molecule has 0 N–H and O–H groups in total. The molecule has 1 spiro atoms. The third-order valence-electron chi connectivity index (χ3n) is 19.9. The second-order valence-electron chi connectivity index (χ2n) is 24.8. The zero-order valence-electron chi connectivity index (χ0n) is 47.1. The summed E-state index contributed by atoms with van der Waals surface area (Å²) < 4.78 is 0. The van der Waals surface area contributed by atoms with Crippen molar-refractivity contribution in [3.05, 3.63) is 300 Å². The summed E-state index contributed by atoms with van der Waals surface area (Å²) in [6.45, 7) is 7.23. The van der Waals surface area contributed by atoms with E-state index in [1.54, 1.807) is 0 Å². The number of para-hydroxylation sites is 2. The Balaban J connectivity index is 0.947. The number of rotatable bonds is 9. The molecule has 82 heavy (non-hydrogen) atoms. The van der Waals surface area contributed by atoms with Gasteiger partial charge < -0.3 is 9.80 Å². The largest absolute Gasteiger partial charge is 0.310 e.